The van der Waals surface area contributed by atoms with Crippen molar-refractivity contribution in [2.24, 2.45) is 5.92 Å². The third-order valence-corrected chi connectivity index (χ3v) is 5.63. The summed E-state index contributed by atoms with van der Waals surface area (Å²) in [6.45, 7) is 0.263. The molecule has 10 heteroatoms. The fourth-order valence-corrected chi connectivity index (χ4v) is 3.97. The number of amides is 1. The average molecular weight is 441 g/mol. The molecule has 1 saturated carbocycles. The topological polar surface area (TPSA) is 82.5 Å². The molecule has 1 aliphatic rings. The van der Waals surface area contributed by atoms with E-state index in [0.717, 1.165) is 0 Å². The summed E-state index contributed by atoms with van der Waals surface area (Å²) in [7, 11) is 2.97. The van der Waals surface area contributed by atoms with E-state index >= 15 is 0 Å². The van der Waals surface area contributed by atoms with Gasteiger partial charge in [-0.3, -0.25) is 14.2 Å². The number of aryl methyl sites for hydroxylation is 1. The molecule has 0 bridgehead atoms. The number of nitrogens with one attached hydrogen (secondary N) is 1. The molecule has 170 valence electrons. The number of rotatable bonds is 7. The molecule has 0 radical (unpaired) electrons. The van der Waals surface area contributed by atoms with Gasteiger partial charge in [-0.1, -0.05) is 6.42 Å². The molecule has 1 fully saturated rings. The van der Waals surface area contributed by atoms with Crippen molar-refractivity contribution in [2.45, 2.75) is 57.3 Å². The standard InChI is InChI=1S/C21H26F3N3O4/c1-30-17-10-15-16(11-18(17)31-2)25-12-27(20(15)29)8-4-7-19(28)26-14-6-3-5-13(9-14)21(22,23)24/h10-14H,3-9H2,1-2H3,(H,26,28). The number of carbonyl (C=O) groups excluding carboxylic acids is 1. The van der Waals surface area contributed by atoms with E-state index in [1.54, 1.807) is 12.1 Å². The molecule has 1 aliphatic carbocycles. The maximum atomic E-state index is 12.9. The first-order chi connectivity index (χ1) is 14.7. The fraction of sp³-hybridized carbons (Fsp3) is 0.571. The number of benzene rings is 1. The van der Waals surface area contributed by atoms with Gasteiger partial charge in [0.1, 0.15) is 0 Å². The van der Waals surface area contributed by atoms with E-state index in [9.17, 15) is 22.8 Å². The molecule has 0 saturated heterocycles. The Bertz CT molecular complexity index is 990. The number of carbonyl (C=O) groups is 1. The highest BCUT2D eigenvalue weighted by atomic mass is 19.4. The number of aromatic nitrogens is 2. The second-order valence-corrected chi connectivity index (χ2v) is 7.74. The summed E-state index contributed by atoms with van der Waals surface area (Å²) in [5, 5.41) is 3.07. The Balaban J connectivity index is 1.58. The number of alkyl halides is 3. The Morgan fingerprint density at radius 3 is 2.61 bits per heavy atom. The second kappa shape index (κ2) is 9.57. The van der Waals surface area contributed by atoms with E-state index in [-0.39, 0.29) is 37.3 Å². The zero-order valence-corrected chi connectivity index (χ0v) is 17.5. The van der Waals surface area contributed by atoms with Crippen LogP contribution in [0, 0.1) is 5.92 Å². The highest BCUT2D eigenvalue weighted by molar-refractivity contribution is 5.81. The van der Waals surface area contributed by atoms with Gasteiger partial charge < -0.3 is 14.8 Å². The molecule has 1 N–H and O–H groups in total. The van der Waals surface area contributed by atoms with E-state index in [2.05, 4.69) is 10.3 Å². The predicted molar refractivity (Wildman–Crippen MR) is 108 cm³/mol. The molecule has 7 nitrogen and oxygen atoms in total. The van der Waals surface area contributed by atoms with Crippen molar-refractivity contribution in [3.63, 3.8) is 0 Å². The minimum Gasteiger partial charge on any atom is -0.493 e. The van der Waals surface area contributed by atoms with Crippen LogP contribution in [0.5, 0.6) is 11.5 Å². The van der Waals surface area contributed by atoms with Crippen LogP contribution in [0.2, 0.25) is 0 Å². The predicted octanol–water partition coefficient (Wildman–Crippen LogP) is 3.43. The molecule has 1 heterocycles. The number of hydrogen-bond donors (Lipinski definition) is 1. The Morgan fingerprint density at radius 2 is 1.94 bits per heavy atom. The minimum atomic E-state index is -4.22. The van der Waals surface area contributed by atoms with E-state index in [4.69, 9.17) is 9.47 Å². The summed E-state index contributed by atoms with van der Waals surface area (Å²) in [5.41, 5.74) is 0.194. The van der Waals surface area contributed by atoms with Gasteiger partial charge in [-0.2, -0.15) is 13.2 Å². The number of hydrogen-bond acceptors (Lipinski definition) is 5. The first-order valence-electron chi connectivity index (χ1n) is 10.2. The molecule has 0 aliphatic heterocycles. The lowest BCUT2D eigenvalue weighted by Crippen LogP contribution is -2.41. The van der Waals surface area contributed by atoms with E-state index in [0.29, 0.717) is 41.7 Å². The highest BCUT2D eigenvalue weighted by Crippen LogP contribution is 2.37. The second-order valence-electron chi connectivity index (χ2n) is 7.74. The van der Waals surface area contributed by atoms with Crippen molar-refractivity contribution < 1.29 is 27.4 Å². The van der Waals surface area contributed by atoms with Gasteiger partial charge in [-0.05, 0) is 31.7 Å². The van der Waals surface area contributed by atoms with Crippen molar-refractivity contribution in [1.29, 1.82) is 0 Å². The monoisotopic (exact) mass is 441 g/mol. The van der Waals surface area contributed by atoms with Gasteiger partial charge in [0, 0.05) is 25.1 Å². The zero-order valence-electron chi connectivity index (χ0n) is 17.5. The number of methoxy groups -OCH3 is 2. The minimum absolute atomic E-state index is 0.0748. The van der Waals surface area contributed by atoms with Crippen molar-refractivity contribution in [3.05, 3.63) is 28.8 Å². The quantitative estimate of drug-likeness (QED) is 0.712. The lowest BCUT2D eigenvalue weighted by molar-refractivity contribution is -0.184. The molecule has 1 aromatic carbocycles. The van der Waals surface area contributed by atoms with Crippen LogP contribution in [0.4, 0.5) is 13.2 Å². The molecule has 1 amide bonds. The van der Waals surface area contributed by atoms with E-state index < -0.39 is 18.1 Å². The summed E-state index contributed by atoms with van der Waals surface area (Å²) in [6, 6.07) is 2.72. The molecular weight excluding hydrogens is 415 g/mol. The zero-order chi connectivity index (χ0) is 22.6. The summed E-state index contributed by atoms with van der Waals surface area (Å²) in [4.78, 5) is 29.2. The van der Waals surface area contributed by atoms with Crippen LogP contribution >= 0.6 is 0 Å². The first kappa shape index (κ1) is 22.9. The Hall–Kier alpha value is -2.78. The maximum absolute atomic E-state index is 12.9. The summed E-state index contributed by atoms with van der Waals surface area (Å²) < 4.78 is 50.6. The highest BCUT2D eigenvalue weighted by Gasteiger charge is 2.42. The molecule has 3 rings (SSSR count). The van der Waals surface area contributed by atoms with Crippen LogP contribution in [-0.2, 0) is 11.3 Å². The van der Waals surface area contributed by atoms with E-state index in [1.165, 1.54) is 25.1 Å². The van der Waals surface area contributed by atoms with Crippen molar-refractivity contribution >= 4 is 16.8 Å². The number of ether oxygens (including phenoxy) is 2. The van der Waals surface area contributed by atoms with Crippen LogP contribution in [-0.4, -0.2) is 41.9 Å². The van der Waals surface area contributed by atoms with Gasteiger partial charge in [-0.25, -0.2) is 4.98 Å². The molecule has 2 atom stereocenters. The van der Waals surface area contributed by atoms with Crippen molar-refractivity contribution in [3.8, 4) is 11.5 Å². The Morgan fingerprint density at radius 1 is 1.23 bits per heavy atom. The normalized spacial score (nSPS) is 19.3. The van der Waals surface area contributed by atoms with Gasteiger partial charge in [0.25, 0.3) is 5.56 Å². The van der Waals surface area contributed by atoms with Crippen molar-refractivity contribution in [1.82, 2.24) is 14.9 Å². The lowest BCUT2D eigenvalue weighted by atomic mass is 9.85. The van der Waals surface area contributed by atoms with Gasteiger partial charge in [0.15, 0.2) is 11.5 Å². The molecule has 1 aromatic heterocycles. The van der Waals surface area contributed by atoms with Crippen LogP contribution in [0.1, 0.15) is 38.5 Å². The van der Waals surface area contributed by atoms with Crippen LogP contribution in [0.3, 0.4) is 0 Å². The number of nitrogens with zero attached hydrogens (tertiary/aromatic N) is 2. The third-order valence-electron chi connectivity index (χ3n) is 5.63. The van der Waals surface area contributed by atoms with E-state index in [1.807, 2.05) is 0 Å². The molecule has 0 spiro atoms. The number of fused-ring (bicyclic) bond motifs is 1. The van der Waals surface area contributed by atoms with Gasteiger partial charge >= 0.3 is 6.18 Å². The molecular formula is C21H26F3N3O4. The van der Waals surface area contributed by atoms with Gasteiger partial charge in [0.05, 0.1) is 37.4 Å². The largest absolute Gasteiger partial charge is 0.493 e. The Labute approximate surface area is 177 Å². The SMILES string of the molecule is COc1cc2ncn(CCCC(=O)NC3CCCC(C(F)(F)F)C3)c(=O)c2cc1OC. The third kappa shape index (κ3) is 5.48. The van der Waals surface area contributed by atoms with Gasteiger partial charge in [-0.15, -0.1) is 0 Å². The molecule has 2 aromatic rings. The van der Waals surface area contributed by atoms with Crippen LogP contribution < -0.4 is 20.3 Å². The summed E-state index contributed by atoms with van der Waals surface area (Å²) >= 11 is 0. The van der Waals surface area contributed by atoms with Gasteiger partial charge in [0.2, 0.25) is 5.91 Å². The Kier molecular flexibility index (Phi) is 7.07. The van der Waals surface area contributed by atoms with Crippen LogP contribution in [0.25, 0.3) is 10.9 Å². The first-order valence-corrected chi connectivity index (χ1v) is 10.2. The maximum Gasteiger partial charge on any atom is 0.391 e. The van der Waals surface area contributed by atoms with Crippen LogP contribution in [0.15, 0.2) is 23.3 Å². The molecule has 2 unspecified atom stereocenters. The smallest absolute Gasteiger partial charge is 0.391 e. The summed E-state index contributed by atoms with van der Waals surface area (Å²) in [6.07, 6.45) is -1.30. The fourth-order valence-electron chi connectivity index (χ4n) is 3.97. The molecule has 31 heavy (non-hydrogen) atoms. The number of halogens is 3. The average Bonchev–Trinajstić information content (AvgIpc) is 2.74. The van der Waals surface area contributed by atoms with Crippen molar-refractivity contribution in [2.75, 3.05) is 14.2 Å². The lowest BCUT2D eigenvalue weighted by Gasteiger charge is -2.31. The summed E-state index contributed by atoms with van der Waals surface area (Å²) in [5.74, 6) is -0.784.